The summed E-state index contributed by atoms with van der Waals surface area (Å²) in [4.78, 5) is 0. The molecule has 2 aromatic carbocycles. The minimum Gasteiger partial charge on any atom is -0.445 e. The average molecular weight is 394 g/mol. The third-order valence-corrected chi connectivity index (χ3v) is 4.59. The van der Waals surface area contributed by atoms with Gasteiger partial charge in [-0.25, -0.2) is 0 Å². The Hall–Kier alpha value is -2.17. The van der Waals surface area contributed by atoms with E-state index in [0.717, 1.165) is 32.1 Å². The molecule has 154 valence electrons. The Balaban J connectivity index is 2.14. The summed E-state index contributed by atoms with van der Waals surface area (Å²) in [5.41, 5.74) is 0. The van der Waals surface area contributed by atoms with E-state index >= 15 is 0 Å². The lowest BCUT2D eigenvalue weighted by Crippen LogP contribution is -2.55. The summed E-state index contributed by atoms with van der Waals surface area (Å²) in [6.07, 6.45) is 1.57. The maximum Gasteiger partial charge on any atom is 0.468 e. The molecule has 0 aliphatic heterocycles. The number of unbranched alkanes of at least 4 members (excludes halogenated alkanes) is 6. The molecule has 2 nitrogen and oxygen atoms in total. The van der Waals surface area contributed by atoms with Gasteiger partial charge in [0, 0.05) is 6.42 Å². The van der Waals surface area contributed by atoms with Crippen LogP contribution in [-0.4, -0.2) is 12.0 Å². The summed E-state index contributed by atoms with van der Waals surface area (Å²) < 4.78 is 53.5. The van der Waals surface area contributed by atoms with Crippen molar-refractivity contribution in [2.24, 2.45) is 0 Å². The van der Waals surface area contributed by atoms with Gasteiger partial charge >= 0.3 is 12.0 Å². The molecule has 0 fully saturated rings. The standard InChI is InChI=1S/C23H29F3O2/c1-2-3-4-5-6-7-14-19-22(23(24,25)26,27-20-15-10-8-11-16-20)28-21-17-12-9-13-18-21/h8-13,15-18H,2-7,14,19H2,1H3. The maximum absolute atomic E-state index is 14.2. The molecule has 28 heavy (non-hydrogen) atoms. The molecule has 2 rings (SSSR count). The number of hydrogen-bond donors (Lipinski definition) is 0. The second kappa shape index (κ2) is 11.0. The lowest BCUT2D eigenvalue weighted by atomic mass is 10.0. The van der Waals surface area contributed by atoms with Gasteiger partial charge in [-0.2, -0.15) is 13.2 Å². The number of hydrogen-bond acceptors (Lipinski definition) is 2. The highest BCUT2D eigenvalue weighted by atomic mass is 19.4. The van der Waals surface area contributed by atoms with Crippen LogP contribution in [0.5, 0.6) is 11.5 Å². The largest absolute Gasteiger partial charge is 0.468 e. The number of benzene rings is 2. The van der Waals surface area contributed by atoms with Crippen molar-refractivity contribution in [3.05, 3.63) is 60.7 Å². The van der Waals surface area contributed by atoms with Crippen molar-refractivity contribution >= 4 is 0 Å². The van der Waals surface area contributed by atoms with Gasteiger partial charge in [0.1, 0.15) is 11.5 Å². The van der Waals surface area contributed by atoms with Crippen LogP contribution < -0.4 is 9.47 Å². The van der Waals surface area contributed by atoms with Crippen molar-refractivity contribution in [1.29, 1.82) is 0 Å². The van der Waals surface area contributed by atoms with Crippen molar-refractivity contribution in [3.8, 4) is 11.5 Å². The van der Waals surface area contributed by atoms with Crippen molar-refractivity contribution < 1.29 is 22.6 Å². The van der Waals surface area contributed by atoms with E-state index < -0.39 is 12.0 Å². The highest BCUT2D eigenvalue weighted by Crippen LogP contribution is 2.40. The van der Waals surface area contributed by atoms with Gasteiger partial charge in [0.05, 0.1) is 0 Å². The van der Waals surface area contributed by atoms with E-state index in [9.17, 15) is 13.2 Å². The van der Waals surface area contributed by atoms with Crippen LogP contribution >= 0.6 is 0 Å². The van der Waals surface area contributed by atoms with Gasteiger partial charge < -0.3 is 9.47 Å². The summed E-state index contributed by atoms with van der Waals surface area (Å²) in [6, 6.07) is 16.1. The van der Waals surface area contributed by atoms with Gasteiger partial charge in [-0.3, -0.25) is 0 Å². The van der Waals surface area contributed by atoms with Crippen LogP contribution in [0.15, 0.2) is 60.7 Å². The third-order valence-electron chi connectivity index (χ3n) is 4.59. The minimum absolute atomic E-state index is 0.138. The molecular weight excluding hydrogens is 365 g/mol. The Labute approximate surface area is 165 Å². The molecule has 5 heteroatoms. The van der Waals surface area contributed by atoms with Gasteiger partial charge in [-0.15, -0.1) is 0 Å². The third kappa shape index (κ3) is 6.77. The molecule has 0 unspecified atom stereocenters. The first-order valence-corrected chi connectivity index (χ1v) is 10.0. The first-order chi connectivity index (χ1) is 13.5. The van der Waals surface area contributed by atoms with E-state index in [1.165, 1.54) is 30.7 Å². The molecule has 0 amide bonds. The summed E-state index contributed by atoms with van der Waals surface area (Å²) in [5.74, 6) is -2.43. The first kappa shape index (κ1) is 22.1. The van der Waals surface area contributed by atoms with Gasteiger partial charge in [0.15, 0.2) is 0 Å². The van der Waals surface area contributed by atoms with Crippen LogP contribution in [0.2, 0.25) is 0 Å². The zero-order valence-corrected chi connectivity index (χ0v) is 16.4. The molecule has 0 atom stereocenters. The van der Waals surface area contributed by atoms with Gasteiger partial charge in [-0.05, 0) is 30.7 Å². The number of para-hydroxylation sites is 2. The van der Waals surface area contributed by atoms with Crippen LogP contribution in [0.1, 0.15) is 58.3 Å². The Bertz CT molecular complexity index is 615. The van der Waals surface area contributed by atoms with E-state index in [4.69, 9.17) is 9.47 Å². The maximum atomic E-state index is 14.2. The molecule has 2 aromatic rings. The summed E-state index contributed by atoms with van der Waals surface area (Å²) in [7, 11) is 0. The second-order valence-corrected chi connectivity index (χ2v) is 6.95. The van der Waals surface area contributed by atoms with E-state index in [1.54, 1.807) is 36.4 Å². The summed E-state index contributed by atoms with van der Waals surface area (Å²) in [5, 5.41) is 0. The molecule has 0 N–H and O–H groups in total. The fourth-order valence-electron chi connectivity index (χ4n) is 3.05. The van der Waals surface area contributed by atoms with Crippen LogP contribution in [0.4, 0.5) is 13.2 Å². The Kier molecular flexibility index (Phi) is 8.68. The molecule has 0 aromatic heterocycles. The highest BCUT2D eigenvalue weighted by molar-refractivity contribution is 5.25. The van der Waals surface area contributed by atoms with E-state index in [2.05, 4.69) is 6.92 Å². The predicted octanol–water partition coefficient (Wildman–Crippen LogP) is 7.54. The van der Waals surface area contributed by atoms with E-state index in [1.807, 2.05) is 0 Å². The molecule has 0 saturated heterocycles. The number of alkyl halides is 3. The van der Waals surface area contributed by atoms with Crippen LogP contribution in [-0.2, 0) is 0 Å². The Morgan fingerprint density at radius 2 is 1.07 bits per heavy atom. The minimum atomic E-state index is -4.68. The smallest absolute Gasteiger partial charge is 0.445 e. The van der Waals surface area contributed by atoms with Gasteiger partial charge in [0.2, 0.25) is 0 Å². The fraction of sp³-hybridized carbons (Fsp3) is 0.478. The molecule has 0 radical (unpaired) electrons. The zero-order valence-electron chi connectivity index (χ0n) is 16.4. The van der Waals surface area contributed by atoms with Crippen LogP contribution in [0, 0.1) is 0 Å². The fourth-order valence-corrected chi connectivity index (χ4v) is 3.05. The van der Waals surface area contributed by atoms with Crippen LogP contribution in [0.25, 0.3) is 0 Å². The zero-order chi connectivity index (χ0) is 20.3. The van der Waals surface area contributed by atoms with Crippen molar-refractivity contribution in [2.75, 3.05) is 0 Å². The van der Waals surface area contributed by atoms with E-state index in [0.29, 0.717) is 6.42 Å². The van der Waals surface area contributed by atoms with Gasteiger partial charge in [-0.1, -0.05) is 81.8 Å². The Morgan fingerprint density at radius 1 is 0.643 bits per heavy atom. The Morgan fingerprint density at radius 3 is 1.50 bits per heavy atom. The lowest BCUT2D eigenvalue weighted by Gasteiger charge is -2.36. The van der Waals surface area contributed by atoms with Crippen molar-refractivity contribution in [1.82, 2.24) is 0 Å². The number of ether oxygens (including phenoxy) is 2. The quantitative estimate of drug-likeness (QED) is 0.273. The normalized spacial score (nSPS) is 12.0. The molecule has 0 spiro atoms. The molecular formula is C23H29F3O2. The summed E-state index contributed by atoms with van der Waals surface area (Å²) in [6.45, 7) is 2.14. The topological polar surface area (TPSA) is 18.5 Å². The average Bonchev–Trinajstić information content (AvgIpc) is 2.68. The summed E-state index contributed by atoms with van der Waals surface area (Å²) >= 11 is 0. The van der Waals surface area contributed by atoms with Crippen molar-refractivity contribution in [3.63, 3.8) is 0 Å². The van der Waals surface area contributed by atoms with Crippen LogP contribution in [0.3, 0.4) is 0 Å². The molecule has 0 bridgehead atoms. The van der Waals surface area contributed by atoms with E-state index in [-0.39, 0.29) is 17.9 Å². The molecule has 0 aliphatic rings. The highest BCUT2D eigenvalue weighted by Gasteiger charge is 2.60. The van der Waals surface area contributed by atoms with Crippen molar-refractivity contribution in [2.45, 2.75) is 70.3 Å². The monoisotopic (exact) mass is 394 g/mol. The first-order valence-electron chi connectivity index (χ1n) is 10.0. The lowest BCUT2D eigenvalue weighted by molar-refractivity contribution is -0.325. The molecule has 0 aliphatic carbocycles. The molecule has 0 saturated carbocycles. The van der Waals surface area contributed by atoms with Gasteiger partial charge in [0.25, 0.3) is 0 Å². The number of halogens is 3. The number of rotatable bonds is 12. The second-order valence-electron chi connectivity index (χ2n) is 6.95. The SMILES string of the molecule is CCCCCCCCCC(Oc1ccccc1)(Oc1ccccc1)C(F)(F)F. The molecule has 0 heterocycles. The predicted molar refractivity (Wildman–Crippen MR) is 106 cm³/mol.